The first-order chi connectivity index (χ1) is 13.8. The third-order valence-electron chi connectivity index (χ3n) is 4.99. The van der Waals surface area contributed by atoms with Gasteiger partial charge in [0.05, 0.1) is 10.9 Å². The van der Waals surface area contributed by atoms with Gasteiger partial charge in [0, 0.05) is 32.9 Å². The molecule has 3 heterocycles. The molecule has 1 aliphatic heterocycles. The van der Waals surface area contributed by atoms with Crippen LogP contribution < -0.4 is 10.2 Å². The van der Waals surface area contributed by atoms with E-state index in [-0.39, 0.29) is 16.7 Å². The molecule has 0 aromatic carbocycles. The van der Waals surface area contributed by atoms with Crippen LogP contribution in [0.15, 0.2) is 34.7 Å². The molecule has 1 N–H and O–H groups in total. The van der Waals surface area contributed by atoms with Crippen molar-refractivity contribution in [1.82, 2.24) is 14.6 Å². The largest absolute Gasteiger partial charge is 0.357 e. The van der Waals surface area contributed by atoms with Crippen LogP contribution in [0.3, 0.4) is 0 Å². The molecule has 29 heavy (non-hydrogen) atoms. The quantitative estimate of drug-likeness (QED) is 0.692. The van der Waals surface area contributed by atoms with Crippen LogP contribution in [-0.2, 0) is 21.4 Å². The predicted octanol–water partition coefficient (Wildman–Crippen LogP) is 2.97. The Balaban J connectivity index is 1.50. The number of likely N-dealkylation sites (N-methyl/N-ethyl adjacent to an activating group) is 1. The number of nitrogens with one attached hydrogen (secondary N) is 1. The molecule has 158 valence electrons. The number of amides is 1. The van der Waals surface area contributed by atoms with Crippen LogP contribution >= 0.6 is 22.9 Å². The summed E-state index contributed by atoms with van der Waals surface area (Å²) in [5.74, 6) is 1.33. The average molecular weight is 457 g/mol. The fourth-order valence-corrected chi connectivity index (χ4v) is 5.90. The van der Waals surface area contributed by atoms with Crippen LogP contribution in [0.2, 0.25) is 4.34 Å². The van der Waals surface area contributed by atoms with Gasteiger partial charge < -0.3 is 10.2 Å². The number of halogens is 1. The minimum absolute atomic E-state index is 0.115. The number of carbonyl (C=O) groups excluding carboxylic acids is 1. The number of sulfonamides is 1. The number of hydrogen-bond acceptors (Lipinski definition) is 6. The molecule has 2 aromatic heterocycles. The number of aromatic nitrogens is 1. The molecule has 1 amide bonds. The van der Waals surface area contributed by atoms with Gasteiger partial charge in [-0.25, -0.2) is 13.4 Å². The highest BCUT2D eigenvalue weighted by molar-refractivity contribution is 7.91. The van der Waals surface area contributed by atoms with Gasteiger partial charge >= 0.3 is 0 Å². The van der Waals surface area contributed by atoms with Gasteiger partial charge in [-0.3, -0.25) is 4.79 Å². The van der Waals surface area contributed by atoms with E-state index in [1.54, 1.807) is 6.20 Å². The van der Waals surface area contributed by atoms with Crippen LogP contribution in [-0.4, -0.2) is 50.3 Å². The molecule has 0 aliphatic carbocycles. The topological polar surface area (TPSA) is 82.6 Å². The summed E-state index contributed by atoms with van der Waals surface area (Å²) < 4.78 is 26.4. The maximum Gasteiger partial charge on any atom is 0.252 e. The van der Waals surface area contributed by atoms with E-state index in [9.17, 15) is 13.2 Å². The van der Waals surface area contributed by atoms with Crippen molar-refractivity contribution >= 4 is 44.7 Å². The van der Waals surface area contributed by atoms with Crippen molar-refractivity contribution < 1.29 is 13.2 Å². The van der Waals surface area contributed by atoms with Gasteiger partial charge in [0.25, 0.3) is 10.0 Å². The number of anilines is 1. The molecule has 7 nitrogen and oxygen atoms in total. The summed E-state index contributed by atoms with van der Waals surface area (Å²) in [6.07, 6.45) is 4.10. The lowest BCUT2D eigenvalue weighted by Gasteiger charge is -2.31. The van der Waals surface area contributed by atoms with Crippen LogP contribution in [0.1, 0.15) is 25.3 Å². The van der Waals surface area contributed by atoms with Crippen molar-refractivity contribution in [3.63, 3.8) is 0 Å². The molecule has 0 bridgehead atoms. The summed E-state index contributed by atoms with van der Waals surface area (Å²) in [6.45, 7) is 4.33. The van der Waals surface area contributed by atoms with Crippen molar-refractivity contribution in [1.29, 1.82) is 0 Å². The van der Waals surface area contributed by atoms with E-state index in [1.165, 1.54) is 32.0 Å². The molecule has 0 unspecified atom stereocenters. The van der Waals surface area contributed by atoms with Crippen LogP contribution in [0, 0.1) is 5.92 Å². The number of rotatable bonds is 7. The smallest absolute Gasteiger partial charge is 0.252 e. The fraction of sp³-hybridized carbons (Fsp3) is 0.474. The first-order valence-electron chi connectivity index (χ1n) is 9.44. The Morgan fingerprint density at radius 3 is 2.62 bits per heavy atom. The Bertz CT molecular complexity index is 939. The predicted molar refractivity (Wildman–Crippen MR) is 116 cm³/mol. The van der Waals surface area contributed by atoms with E-state index in [0.29, 0.717) is 10.9 Å². The van der Waals surface area contributed by atoms with E-state index in [0.717, 1.165) is 46.0 Å². The molecule has 1 fully saturated rings. The Morgan fingerprint density at radius 2 is 2.03 bits per heavy atom. The monoisotopic (exact) mass is 456 g/mol. The highest BCUT2D eigenvalue weighted by atomic mass is 35.5. The van der Waals surface area contributed by atoms with Crippen molar-refractivity contribution in [2.24, 2.45) is 5.92 Å². The van der Waals surface area contributed by atoms with Crippen LogP contribution in [0.4, 0.5) is 5.82 Å². The Morgan fingerprint density at radius 1 is 1.31 bits per heavy atom. The number of piperidine rings is 1. The second-order valence-corrected chi connectivity index (χ2v) is 11.3. The average Bonchev–Trinajstić information content (AvgIpc) is 3.14. The Labute approximate surface area is 180 Å². The van der Waals surface area contributed by atoms with E-state index in [2.05, 4.69) is 22.1 Å². The molecule has 1 aliphatic rings. The summed E-state index contributed by atoms with van der Waals surface area (Å²) in [5.41, 5.74) is 0.864. The highest BCUT2D eigenvalue weighted by Crippen LogP contribution is 2.27. The number of thiophene rings is 1. The number of carbonyl (C=O) groups is 1. The second-order valence-electron chi connectivity index (χ2n) is 7.29. The van der Waals surface area contributed by atoms with Crippen molar-refractivity contribution in [2.75, 3.05) is 31.6 Å². The van der Waals surface area contributed by atoms with Crippen molar-refractivity contribution in [2.45, 2.75) is 30.5 Å². The van der Waals surface area contributed by atoms with Gasteiger partial charge in [-0.05, 0) is 42.5 Å². The molecule has 0 radical (unpaired) electrons. The van der Waals surface area contributed by atoms with Crippen molar-refractivity contribution in [3.8, 4) is 0 Å². The third-order valence-corrected chi connectivity index (χ3v) is 8.49. The summed E-state index contributed by atoms with van der Waals surface area (Å²) >= 11 is 6.77. The molecule has 0 spiro atoms. The van der Waals surface area contributed by atoms with Gasteiger partial charge in [-0.1, -0.05) is 24.6 Å². The fourth-order valence-electron chi connectivity index (χ4n) is 3.08. The van der Waals surface area contributed by atoms with Gasteiger partial charge in [-0.15, -0.1) is 11.3 Å². The summed E-state index contributed by atoms with van der Waals surface area (Å²) in [6, 6.07) is 6.87. The van der Waals surface area contributed by atoms with Gasteiger partial charge in [0.1, 0.15) is 10.0 Å². The first-order valence-corrected chi connectivity index (χ1v) is 12.1. The molecule has 1 saturated heterocycles. The zero-order chi connectivity index (χ0) is 21.0. The minimum Gasteiger partial charge on any atom is -0.357 e. The number of pyridine rings is 1. The normalized spacial score (nSPS) is 15.7. The standard InChI is InChI=1S/C19H25ClN4O3S2/c1-14-7-9-24(10-8-14)17-5-3-15(11-21-17)12-22-18(25)13-23(2)29(26,27)19-6-4-16(20)28-19/h3-6,11,14H,7-10,12-13H2,1-2H3,(H,22,25). The third kappa shape index (κ3) is 5.69. The van der Waals surface area contributed by atoms with Gasteiger partial charge in [0.2, 0.25) is 5.91 Å². The summed E-state index contributed by atoms with van der Waals surface area (Å²) in [7, 11) is -2.36. The number of nitrogens with zero attached hydrogens (tertiary/aromatic N) is 3. The SMILES string of the molecule is CC1CCN(c2ccc(CNC(=O)CN(C)S(=O)(=O)c3ccc(Cl)s3)cn2)CC1. The van der Waals surface area contributed by atoms with E-state index in [4.69, 9.17) is 11.6 Å². The summed E-state index contributed by atoms with van der Waals surface area (Å²) in [4.78, 5) is 19.0. The molecule has 10 heteroatoms. The lowest BCUT2D eigenvalue weighted by atomic mass is 9.99. The molecular weight excluding hydrogens is 432 g/mol. The molecule has 0 atom stereocenters. The zero-order valence-electron chi connectivity index (χ0n) is 16.5. The van der Waals surface area contributed by atoms with Gasteiger partial charge in [-0.2, -0.15) is 4.31 Å². The molecule has 2 aromatic rings. The van der Waals surface area contributed by atoms with E-state index in [1.807, 2.05) is 12.1 Å². The van der Waals surface area contributed by atoms with Crippen LogP contribution in [0.25, 0.3) is 0 Å². The van der Waals surface area contributed by atoms with E-state index >= 15 is 0 Å². The molecular formula is C19H25ClN4O3S2. The van der Waals surface area contributed by atoms with Crippen molar-refractivity contribution in [3.05, 3.63) is 40.4 Å². The van der Waals surface area contributed by atoms with E-state index < -0.39 is 10.0 Å². The molecule has 0 saturated carbocycles. The summed E-state index contributed by atoms with van der Waals surface area (Å²) in [5, 5.41) is 2.74. The maximum absolute atomic E-state index is 12.4. The zero-order valence-corrected chi connectivity index (χ0v) is 18.9. The Kier molecular flexibility index (Phi) is 7.15. The lowest BCUT2D eigenvalue weighted by molar-refractivity contribution is -0.121. The second kappa shape index (κ2) is 9.42. The molecule has 3 rings (SSSR count). The maximum atomic E-state index is 12.4. The lowest BCUT2D eigenvalue weighted by Crippen LogP contribution is -2.37. The Hall–Kier alpha value is -1.68. The minimum atomic E-state index is -3.73. The van der Waals surface area contributed by atoms with Crippen LogP contribution in [0.5, 0.6) is 0 Å². The number of hydrogen-bond donors (Lipinski definition) is 1. The first kappa shape index (κ1) is 22.0. The highest BCUT2D eigenvalue weighted by Gasteiger charge is 2.24. The van der Waals surface area contributed by atoms with Gasteiger partial charge in [0.15, 0.2) is 0 Å².